The van der Waals surface area contributed by atoms with Crippen LogP contribution in [0.5, 0.6) is 0 Å². The SMILES string of the molecule is CC/C=C\C/C=C\C/C=C\C/C=C\C/C=C\C/C=C\C/C=C\C/C=C\CCCCCCCCCCCCCCC(=O)OC(CO)COC(=O)CCCCCCCCCCCCCCCCCCCCCCCCCCCC/C=C\C/C=C\C/C=C\CCCCCCC. The van der Waals surface area contributed by atoms with E-state index in [1.165, 1.54) is 257 Å². The molecule has 0 aliphatic rings. The van der Waals surface area contributed by atoms with Gasteiger partial charge in [0.15, 0.2) is 6.10 Å². The summed E-state index contributed by atoms with van der Waals surface area (Å²) < 4.78 is 10.8. The molecule has 528 valence electrons. The number of aliphatic hydroxyl groups excluding tert-OH is 1. The van der Waals surface area contributed by atoms with Crippen LogP contribution < -0.4 is 0 Å². The molecule has 0 aromatic carbocycles. The number of rotatable bonds is 73. The van der Waals surface area contributed by atoms with Crippen LogP contribution in [-0.2, 0) is 19.1 Å². The fourth-order valence-electron chi connectivity index (χ4n) is 11.5. The molecule has 0 amide bonds. The van der Waals surface area contributed by atoms with E-state index in [2.05, 4.69) is 148 Å². The molecule has 92 heavy (non-hydrogen) atoms. The van der Waals surface area contributed by atoms with Gasteiger partial charge >= 0.3 is 11.9 Å². The molecule has 1 N–H and O–H groups in total. The molecule has 0 radical (unpaired) electrons. The number of carbonyl (C=O) groups is 2. The maximum Gasteiger partial charge on any atom is 0.306 e. The molecule has 5 heteroatoms. The van der Waals surface area contributed by atoms with Crippen molar-refractivity contribution in [3.05, 3.63) is 134 Å². The van der Waals surface area contributed by atoms with E-state index in [4.69, 9.17) is 9.47 Å². The van der Waals surface area contributed by atoms with E-state index in [0.29, 0.717) is 12.8 Å². The molecule has 5 nitrogen and oxygen atoms in total. The van der Waals surface area contributed by atoms with E-state index >= 15 is 0 Å². The molecule has 1 unspecified atom stereocenters. The minimum absolute atomic E-state index is 0.0680. The highest BCUT2D eigenvalue weighted by molar-refractivity contribution is 5.70. The fraction of sp³-hybridized carbons (Fsp3) is 0.724. The molecule has 0 saturated carbocycles. The quantitative estimate of drug-likeness (QED) is 0.0373. The first-order chi connectivity index (χ1) is 45.6. The van der Waals surface area contributed by atoms with Crippen LogP contribution in [0.15, 0.2) is 134 Å². The zero-order valence-electron chi connectivity index (χ0n) is 60.8. The Morgan fingerprint density at radius 1 is 0.261 bits per heavy atom. The summed E-state index contributed by atoms with van der Waals surface area (Å²) in [4.78, 5) is 24.7. The van der Waals surface area contributed by atoms with Crippen molar-refractivity contribution >= 4 is 11.9 Å². The summed E-state index contributed by atoms with van der Waals surface area (Å²) in [6.45, 7) is 4.05. The average molecular weight is 1280 g/mol. The van der Waals surface area contributed by atoms with Crippen LogP contribution >= 0.6 is 0 Å². The average Bonchev–Trinajstić information content (AvgIpc) is 3.70. The Morgan fingerprint density at radius 3 is 0.707 bits per heavy atom. The predicted molar refractivity (Wildman–Crippen MR) is 408 cm³/mol. The number of hydrogen-bond donors (Lipinski definition) is 1. The first-order valence-electron chi connectivity index (χ1n) is 39.7. The van der Waals surface area contributed by atoms with E-state index in [-0.39, 0.29) is 25.2 Å². The smallest absolute Gasteiger partial charge is 0.306 e. The van der Waals surface area contributed by atoms with Crippen LogP contribution in [0, 0.1) is 0 Å². The van der Waals surface area contributed by atoms with E-state index in [9.17, 15) is 14.7 Å². The van der Waals surface area contributed by atoms with Crippen LogP contribution in [0.3, 0.4) is 0 Å². The second-order valence-electron chi connectivity index (χ2n) is 26.4. The van der Waals surface area contributed by atoms with Gasteiger partial charge in [0.2, 0.25) is 0 Å². The Balaban J connectivity index is 3.45. The first kappa shape index (κ1) is 88.0. The van der Waals surface area contributed by atoms with Crippen molar-refractivity contribution in [1.82, 2.24) is 0 Å². The number of esters is 2. The maximum atomic E-state index is 12.4. The molecular weight excluding hydrogens is 1120 g/mol. The lowest BCUT2D eigenvalue weighted by Crippen LogP contribution is -2.28. The number of aliphatic hydroxyl groups is 1. The second kappa shape index (κ2) is 81.3. The topological polar surface area (TPSA) is 72.8 Å². The van der Waals surface area contributed by atoms with Gasteiger partial charge in [0.25, 0.3) is 0 Å². The Kier molecular flexibility index (Phi) is 77.8. The minimum Gasteiger partial charge on any atom is -0.462 e. The largest absolute Gasteiger partial charge is 0.462 e. The van der Waals surface area contributed by atoms with Crippen LogP contribution in [-0.4, -0.2) is 36.4 Å². The molecule has 1 atom stereocenters. The number of hydrogen-bond acceptors (Lipinski definition) is 5. The van der Waals surface area contributed by atoms with Crippen molar-refractivity contribution in [2.75, 3.05) is 13.2 Å². The summed E-state index contributed by atoms with van der Waals surface area (Å²) in [5, 5.41) is 9.73. The van der Waals surface area contributed by atoms with Gasteiger partial charge in [-0.25, -0.2) is 0 Å². The van der Waals surface area contributed by atoms with Gasteiger partial charge in [0.05, 0.1) is 6.61 Å². The summed E-state index contributed by atoms with van der Waals surface area (Å²) in [6.07, 6.45) is 121. The van der Waals surface area contributed by atoms with Gasteiger partial charge < -0.3 is 14.6 Å². The summed E-state index contributed by atoms with van der Waals surface area (Å²) >= 11 is 0. The molecule has 0 aliphatic heterocycles. The molecule has 0 aromatic rings. The lowest BCUT2D eigenvalue weighted by Gasteiger charge is -2.15. The van der Waals surface area contributed by atoms with E-state index in [1.54, 1.807) is 0 Å². The second-order valence-corrected chi connectivity index (χ2v) is 26.4. The number of ether oxygens (including phenoxy) is 2. The zero-order chi connectivity index (χ0) is 66.1. The van der Waals surface area contributed by atoms with E-state index in [1.807, 2.05) is 0 Å². The van der Waals surface area contributed by atoms with Crippen molar-refractivity contribution in [2.24, 2.45) is 0 Å². The number of allylic oxidation sites excluding steroid dienone is 22. The number of unbranched alkanes of at least 4 members (excludes halogenated alkanes) is 43. The molecule has 0 bridgehead atoms. The molecule has 0 rings (SSSR count). The summed E-state index contributed by atoms with van der Waals surface area (Å²) in [5.41, 5.74) is 0. The molecule has 0 heterocycles. The van der Waals surface area contributed by atoms with Crippen LogP contribution in [0.2, 0.25) is 0 Å². The molecule has 0 fully saturated rings. The summed E-state index contributed by atoms with van der Waals surface area (Å²) in [5.74, 6) is -0.581. The van der Waals surface area contributed by atoms with Crippen molar-refractivity contribution in [2.45, 2.75) is 392 Å². The molecule has 0 aromatic heterocycles. The highest BCUT2D eigenvalue weighted by Crippen LogP contribution is 2.19. The third-order valence-electron chi connectivity index (χ3n) is 17.4. The van der Waals surface area contributed by atoms with Crippen LogP contribution in [0.1, 0.15) is 386 Å². The Morgan fingerprint density at radius 2 is 0.467 bits per heavy atom. The first-order valence-corrected chi connectivity index (χ1v) is 39.7. The van der Waals surface area contributed by atoms with Gasteiger partial charge in [-0.3, -0.25) is 9.59 Å². The van der Waals surface area contributed by atoms with E-state index < -0.39 is 6.10 Å². The Labute approximate surface area is 572 Å². The number of carbonyl (C=O) groups excluding carboxylic acids is 2. The van der Waals surface area contributed by atoms with Crippen molar-refractivity contribution < 1.29 is 24.2 Å². The molecule has 0 spiro atoms. The van der Waals surface area contributed by atoms with Crippen molar-refractivity contribution in [3.63, 3.8) is 0 Å². The van der Waals surface area contributed by atoms with Crippen LogP contribution in [0.4, 0.5) is 0 Å². The summed E-state index contributed by atoms with van der Waals surface area (Å²) in [7, 11) is 0. The lowest BCUT2D eigenvalue weighted by molar-refractivity contribution is -0.161. The standard InChI is InChI=1S/C87H150O5/c1-3-5-7-9-11-13-15-17-19-21-23-25-27-29-31-33-35-37-39-41-42-43-44-46-47-49-51-53-55-57-59-61-63-65-67-69-71-73-75-77-79-81-86(89)91-84-85(83-88)92-87(90)82-80-78-76-74-72-70-68-66-64-62-60-58-56-54-52-50-48-45-40-38-36-34-32-30-28-26-24-22-20-18-16-14-12-10-8-6-4-2/h6,8,12,14-15,17-18,20-21,23-24,26-27,29-30,32,36,38,45,48,52,54,85,88H,3-5,7,9-11,13,16,19,22,25,28,31,33-35,37,39-44,46-47,49-51,53,55-84H2,1-2H3/b8-6-,14-12-,17-15-,20-18-,23-21-,26-24-,29-27-,32-30-,38-36-,48-45-,54-52-. The normalized spacial score (nSPS) is 12.9. The monoisotopic (exact) mass is 1280 g/mol. The van der Waals surface area contributed by atoms with E-state index in [0.717, 1.165) is 103 Å². The Bertz CT molecular complexity index is 1840. The lowest BCUT2D eigenvalue weighted by atomic mass is 10.0. The van der Waals surface area contributed by atoms with Gasteiger partial charge in [-0.15, -0.1) is 0 Å². The van der Waals surface area contributed by atoms with Crippen LogP contribution in [0.25, 0.3) is 0 Å². The minimum atomic E-state index is -0.781. The Hall–Kier alpha value is -3.96. The highest BCUT2D eigenvalue weighted by atomic mass is 16.6. The van der Waals surface area contributed by atoms with Gasteiger partial charge in [0.1, 0.15) is 6.61 Å². The van der Waals surface area contributed by atoms with Gasteiger partial charge in [-0.2, -0.15) is 0 Å². The maximum absolute atomic E-state index is 12.4. The third-order valence-corrected chi connectivity index (χ3v) is 17.4. The zero-order valence-corrected chi connectivity index (χ0v) is 60.8. The van der Waals surface area contributed by atoms with Crippen molar-refractivity contribution in [3.8, 4) is 0 Å². The third kappa shape index (κ3) is 78.5. The fourth-order valence-corrected chi connectivity index (χ4v) is 11.5. The molecule has 0 aliphatic carbocycles. The van der Waals surface area contributed by atoms with Gasteiger partial charge in [0, 0.05) is 12.8 Å². The highest BCUT2D eigenvalue weighted by Gasteiger charge is 2.16. The summed E-state index contributed by atoms with van der Waals surface area (Å²) in [6, 6.07) is 0. The molecular formula is C87H150O5. The van der Waals surface area contributed by atoms with Gasteiger partial charge in [-0.05, 0) is 116 Å². The predicted octanol–water partition coefficient (Wildman–Crippen LogP) is 28.2. The van der Waals surface area contributed by atoms with Crippen molar-refractivity contribution in [1.29, 1.82) is 0 Å². The van der Waals surface area contributed by atoms with Gasteiger partial charge in [-0.1, -0.05) is 392 Å². The molecule has 0 saturated heterocycles.